The molecule has 0 saturated heterocycles. The topological polar surface area (TPSA) is 61.8 Å². The van der Waals surface area contributed by atoms with E-state index >= 15 is 0 Å². The molecule has 0 fully saturated rings. The lowest BCUT2D eigenvalue weighted by Gasteiger charge is -2.13. The Morgan fingerprint density at radius 1 is 1.10 bits per heavy atom. The van der Waals surface area contributed by atoms with E-state index in [4.69, 9.17) is 14.2 Å². The first-order valence-corrected chi connectivity index (χ1v) is 6.99. The summed E-state index contributed by atoms with van der Waals surface area (Å²) in [7, 11) is 3.01. The molecule has 0 heterocycles. The molecule has 0 unspecified atom stereocenters. The van der Waals surface area contributed by atoms with Crippen LogP contribution in [0.1, 0.15) is 37.0 Å². The molecular formula is C16H22O5. The zero-order valence-electron chi connectivity index (χ0n) is 13.0. The summed E-state index contributed by atoms with van der Waals surface area (Å²) in [5, 5.41) is 0. The molecule has 1 aromatic rings. The molecule has 21 heavy (non-hydrogen) atoms. The normalized spacial score (nSPS) is 10.3. The molecule has 0 aliphatic rings. The van der Waals surface area contributed by atoms with Crippen LogP contribution in [-0.2, 0) is 9.53 Å². The van der Waals surface area contributed by atoms with Crippen molar-refractivity contribution in [1.82, 2.24) is 0 Å². The second-order valence-corrected chi connectivity index (χ2v) is 4.61. The van der Waals surface area contributed by atoms with Gasteiger partial charge in [-0.15, -0.1) is 0 Å². The van der Waals surface area contributed by atoms with Crippen LogP contribution in [0.25, 0.3) is 0 Å². The average Bonchev–Trinajstić information content (AvgIpc) is 2.52. The molecule has 0 bridgehead atoms. The summed E-state index contributed by atoms with van der Waals surface area (Å²) in [5.74, 6) is 0.209. The van der Waals surface area contributed by atoms with Gasteiger partial charge in [0.2, 0.25) is 5.78 Å². The van der Waals surface area contributed by atoms with Gasteiger partial charge in [-0.2, -0.15) is 0 Å². The summed E-state index contributed by atoms with van der Waals surface area (Å²) >= 11 is 0. The lowest BCUT2D eigenvalue weighted by molar-refractivity contribution is -0.147. The van der Waals surface area contributed by atoms with Crippen molar-refractivity contribution in [2.45, 2.75) is 26.7 Å². The minimum absolute atomic E-state index is 0.157. The molecule has 0 aromatic heterocycles. The van der Waals surface area contributed by atoms with Gasteiger partial charge in [0, 0.05) is 6.07 Å². The zero-order valence-corrected chi connectivity index (χ0v) is 13.0. The van der Waals surface area contributed by atoms with Crippen molar-refractivity contribution in [2.75, 3.05) is 20.8 Å². The van der Waals surface area contributed by atoms with Crippen molar-refractivity contribution >= 4 is 11.8 Å². The maximum Gasteiger partial charge on any atom is 0.309 e. The molecule has 5 nitrogen and oxygen atoms in total. The molecule has 5 heteroatoms. The highest BCUT2D eigenvalue weighted by Gasteiger charge is 2.19. The smallest absolute Gasteiger partial charge is 0.309 e. The van der Waals surface area contributed by atoms with Crippen molar-refractivity contribution in [2.24, 2.45) is 5.92 Å². The number of benzene rings is 1. The van der Waals surface area contributed by atoms with E-state index in [1.54, 1.807) is 18.2 Å². The zero-order chi connectivity index (χ0) is 15.8. The van der Waals surface area contributed by atoms with Crippen LogP contribution < -0.4 is 9.47 Å². The number of hydrogen-bond donors (Lipinski definition) is 0. The number of Topliss-reactive ketones (excluding diaryl/α,β-unsaturated/α-hetero) is 1. The largest absolute Gasteiger partial charge is 0.497 e. The van der Waals surface area contributed by atoms with Gasteiger partial charge in [-0.3, -0.25) is 9.59 Å². The summed E-state index contributed by atoms with van der Waals surface area (Å²) in [6.07, 6.45) is 1.41. The lowest BCUT2D eigenvalue weighted by atomic mass is 10.0. The van der Waals surface area contributed by atoms with Gasteiger partial charge < -0.3 is 14.2 Å². The summed E-state index contributed by atoms with van der Waals surface area (Å²) in [4.78, 5) is 23.9. The van der Waals surface area contributed by atoms with Gasteiger partial charge in [0.1, 0.15) is 11.5 Å². The quantitative estimate of drug-likeness (QED) is 0.545. The highest BCUT2D eigenvalue weighted by molar-refractivity contribution is 6.00. The molecule has 0 aliphatic carbocycles. The van der Waals surface area contributed by atoms with Crippen LogP contribution in [0.2, 0.25) is 0 Å². The Balaban J connectivity index is 2.74. The van der Waals surface area contributed by atoms with Gasteiger partial charge in [0.25, 0.3) is 0 Å². The fourth-order valence-electron chi connectivity index (χ4n) is 1.98. The third kappa shape index (κ3) is 4.48. The first-order valence-electron chi connectivity index (χ1n) is 6.99. The third-order valence-electron chi connectivity index (χ3n) is 3.37. The fourth-order valence-corrected chi connectivity index (χ4v) is 1.98. The Hall–Kier alpha value is -2.04. The number of ether oxygens (including phenoxy) is 3. The van der Waals surface area contributed by atoms with Crippen molar-refractivity contribution < 1.29 is 23.8 Å². The van der Waals surface area contributed by atoms with Crippen LogP contribution in [0, 0.1) is 5.92 Å². The molecule has 0 spiro atoms. The van der Waals surface area contributed by atoms with Crippen LogP contribution in [0.5, 0.6) is 11.5 Å². The minimum atomic E-state index is -0.333. The number of methoxy groups -OCH3 is 2. The first kappa shape index (κ1) is 17.0. The van der Waals surface area contributed by atoms with Crippen molar-refractivity contribution in [3.8, 4) is 11.5 Å². The number of carbonyl (C=O) groups is 2. The molecule has 0 saturated carbocycles. The number of esters is 1. The number of ketones is 1. The molecule has 0 aliphatic heterocycles. The molecule has 0 N–H and O–H groups in total. The summed E-state index contributed by atoms with van der Waals surface area (Å²) in [6.45, 7) is 3.56. The van der Waals surface area contributed by atoms with E-state index in [0.717, 1.165) is 0 Å². The second kappa shape index (κ2) is 8.29. The Morgan fingerprint density at radius 3 is 2.29 bits per heavy atom. The molecule has 0 amide bonds. The van der Waals surface area contributed by atoms with E-state index in [1.807, 2.05) is 13.8 Å². The number of carbonyl (C=O) groups excluding carboxylic acids is 2. The van der Waals surface area contributed by atoms with Gasteiger partial charge in [-0.05, 0) is 25.0 Å². The minimum Gasteiger partial charge on any atom is -0.497 e. The molecule has 116 valence electrons. The Morgan fingerprint density at radius 2 is 1.76 bits per heavy atom. The van der Waals surface area contributed by atoms with Crippen LogP contribution in [-0.4, -0.2) is 32.6 Å². The van der Waals surface area contributed by atoms with E-state index in [2.05, 4.69) is 0 Å². The molecular weight excluding hydrogens is 272 g/mol. The predicted octanol–water partition coefficient (Wildman–Crippen LogP) is 2.87. The number of hydrogen-bond acceptors (Lipinski definition) is 5. The van der Waals surface area contributed by atoms with E-state index in [9.17, 15) is 9.59 Å². The summed E-state index contributed by atoms with van der Waals surface area (Å²) < 4.78 is 15.3. The van der Waals surface area contributed by atoms with E-state index < -0.39 is 0 Å². The van der Waals surface area contributed by atoms with E-state index in [1.165, 1.54) is 14.2 Å². The SMILES string of the molecule is CCC(CC)C(=O)OCC(=O)c1ccc(OC)cc1OC. The van der Waals surface area contributed by atoms with E-state index in [0.29, 0.717) is 29.9 Å². The van der Waals surface area contributed by atoms with Gasteiger partial charge in [0.05, 0.1) is 25.7 Å². The average molecular weight is 294 g/mol. The van der Waals surface area contributed by atoms with Crippen molar-refractivity contribution in [3.63, 3.8) is 0 Å². The van der Waals surface area contributed by atoms with Crippen molar-refractivity contribution in [1.29, 1.82) is 0 Å². The van der Waals surface area contributed by atoms with Crippen LogP contribution in [0.15, 0.2) is 18.2 Å². The maximum absolute atomic E-state index is 12.1. The van der Waals surface area contributed by atoms with Gasteiger partial charge in [0.15, 0.2) is 6.61 Å². The van der Waals surface area contributed by atoms with Gasteiger partial charge in [-0.25, -0.2) is 0 Å². The van der Waals surface area contributed by atoms with Crippen LogP contribution in [0.4, 0.5) is 0 Å². The Bertz CT molecular complexity index is 491. The standard InChI is InChI=1S/C16H22O5/c1-5-11(6-2)16(18)21-10-14(17)13-8-7-12(19-3)9-15(13)20-4/h7-9,11H,5-6,10H2,1-4H3. The third-order valence-corrected chi connectivity index (χ3v) is 3.37. The lowest BCUT2D eigenvalue weighted by Crippen LogP contribution is -2.20. The fraction of sp³-hybridized carbons (Fsp3) is 0.500. The molecule has 1 rings (SSSR count). The highest BCUT2D eigenvalue weighted by atomic mass is 16.5. The van der Waals surface area contributed by atoms with Crippen LogP contribution >= 0.6 is 0 Å². The Labute approximate surface area is 125 Å². The van der Waals surface area contributed by atoms with Gasteiger partial charge >= 0.3 is 5.97 Å². The van der Waals surface area contributed by atoms with Crippen LogP contribution in [0.3, 0.4) is 0 Å². The predicted molar refractivity (Wildman–Crippen MR) is 78.9 cm³/mol. The summed E-state index contributed by atoms with van der Waals surface area (Å²) in [6, 6.07) is 4.89. The molecule has 1 aromatic carbocycles. The maximum atomic E-state index is 12.1. The second-order valence-electron chi connectivity index (χ2n) is 4.61. The number of rotatable bonds is 8. The van der Waals surface area contributed by atoms with Gasteiger partial charge in [-0.1, -0.05) is 13.8 Å². The van der Waals surface area contributed by atoms with Crippen molar-refractivity contribution in [3.05, 3.63) is 23.8 Å². The summed E-state index contributed by atoms with van der Waals surface area (Å²) in [5.41, 5.74) is 0.371. The monoisotopic (exact) mass is 294 g/mol. The molecule has 0 atom stereocenters. The first-order chi connectivity index (χ1) is 10.1. The highest BCUT2D eigenvalue weighted by Crippen LogP contribution is 2.25. The van der Waals surface area contributed by atoms with E-state index in [-0.39, 0.29) is 24.3 Å². The Kier molecular flexibility index (Phi) is 6.72. The molecule has 0 radical (unpaired) electrons.